The Kier molecular flexibility index (Phi) is 4.85. The van der Waals surface area contributed by atoms with Crippen LogP contribution in [0, 0.1) is 0 Å². The Hall–Kier alpha value is -2.12. The van der Waals surface area contributed by atoms with E-state index < -0.39 is 0 Å². The summed E-state index contributed by atoms with van der Waals surface area (Å²) in [5, 5.41) is 3.92. The molecular formula is C18H23N3O4. The van der Waals surface area contributed by atoms with Gasteiger partial charge < -0.3 is 18.6 Å². The van der Waals surface area contributed by atoms with Crippen molar-refractivity contribution in [3.63, 3.8) is 0 Å². The van der Waals surface area contributed by atoms with Crippen molar-refractivity contribution in [2.24, 2.45) is 0 Å². The molecule has 0 radical (unpaired) electrons. The molecule has 2 aromatic heterocycles. The van der Waals surface area contributed by atoms with Crippen LogP contribution in [-0.4, -0.2) is 66.3 Å². The van der Waals surface area contributed by atoms with Gasteiger partial charge in [0.25, 0.3) is 5.91 Å². The maximum absolute atomic E-state index is 12.7. The van der Waals surface area contributed by atoms with E-state index in [2.05, 4.69) is 10.1 Å². The second kappa shape index (κ2) is 7.41. The molecule has 0 spiro atoms. The highest BCUT2D eigenvalue weighted by atomic mass is 16.5. The van der Waals surface area contributed by atoms with Crippen LogP contribution in [0.3, 0.4) is 0 Å². The molecule has 1 atom stereocenters. The van der Waals surface area contributed by atoms with Crippen LogP contribution in [-0.2, 0) is 4.74 Å². The molecule has 4 rings (SSSR count). The first-order chi connectivity index (χ1) is 12.3. The maximum atomic E-state index is 12.7. The predicted molar refractivity (Wildman–Crippen MR) is 90.1 cm³/mol. The lowest BCUT2D eigenvalue weighted by Crippen LogP contribution is -2.37. The zero-order valence-corrected chi connectivity index (χ0v) is 14.2. The Balaban J connectivity index is 1.36. The molecule has 0 saturated carbocycles. The first-order valence-corrected chi connectivity index (χ1v) is 8.93. The van der Waals surface area contributed by atoms with Crippen molar-refractivity contribution in [1.82, 2.24) is 15.0 Å². The first-order valence-electron chi connectivity index (χ1n) is 8.93. The fraction of sp³-hybridized carbons (Fsp3) is 0.556. The van der Waals surface area contributed by atoms with Gasteiger partial charge in [-0.3, -0.25) is 9.69 Å². The molecule has 2 aromatic rings. The number of nitrogens with zero attached hydrogens (tertiary/aromatic N) is 3. The highest BCUT2D eigenvalue weighted by Crippen LogP contribution is 2.21. The minimum atomic E-state index is -0.0828. The predicted octanol–water partition coefficient (Wildman–Crippen LogP) is 2.26. The van der Waals surface area contributed by atoms with E-state index in [0.29, 0.717) is 29.9 Å². The molecule has 1 amide bonds. The number of hydrogen-bond acceptors (Lipinski definition) is 6. The molecule has 0 aliphatic carbocycles. The minimum absolute atomic E-state index is 0.0828. The van der Waals surface area contributed by atoms with E-state index in [1.807, 2.05) is 4.90 Å². The molecule has 2 aliphatic rings. The molecular weight excluding hydrogens is 322 g/mol. The number of amides is 1. The van der Waals surface area contributed by atoms with Gasteiger partial charge in [0.2, 0.25) is 5.76 Å². The Bertz CT molecular complexity index is 691. The van der Waals surface area contributed by atoms with Gasteiger partial charge in [-0.05, 0) is 37.9 Å². The first kappa shape index (κ1) is 16.4. The highest BCUT2D eigenvalue weighted by molar-refractivity contribution is 5.93. The van der Waals surface area contributed by atoms with Crippen molar-refractivity contribution in [2.75, 3.05) is 39.3 Å². The zero-order valence-electron chi connectivity index (χ0n) is 14.2. The summed E-state index contributed by atoms with van der Waals surface area (Å²) in [6.07, 6.45) is 5.19. The monoisotopic (exact) mass is 345 g/mol. The van der Waals surface area contributed by atoms with Gasteiger partial charge in [-0.1, -0.05) is 5.16 Å². The Morgan fingerprint density at radius 2 is 2.16 bits per heavy atom. The molecule has 0 aromatic carbocycles. The summed E-state index contributed by atoms with van der Waals surface area (Å²) in [4.78, 5) is 17.0. The van der Waals surface area contributed by atoms with Crippen LogP contribution in [0.2, 0.25) is 0 Å². The molecule has 0 bridgehead atoms. The molecule has 134 valence electrons. The second-order valence-corrected chi connectivity index (χ2v) is 6.64. The molecule has 7 nitrogen and oxygen atoms in total. The fourth-order valence-electron chi connectivity index (χ4n) is 3.51. The van der Waals surface area contributed by atoms with Crippen molar-refractivity contribution in [2.45, 2.75) is 25.4 Å². The minimum Gasteiger partial charge on any atom is -0.461 e. The smallest absolute Gasteiger partial charge is 0.276 e. The quantitative estimate of drug-likeness (QED) is 0.846. The van der Waals surface area contributed by atoms with Crippen LogP contribution in [0.15, 0.2) is 33.4 Å². The van der Waals surface area contributed by atoms with Crippen LogP contribution in [0.1, 0.15) is 29.8 Å². The summed E-state index contributed by atoms with van der Waals surface area (Å²) in [7, 11) is 0. The highest BCUT2D eigenvalue weighted by Gasteiger charge is 2.25. The van der Waals surface area contributed by atoms with Crippen LogP contribution < -0.4 is 0 Å². The average Bonchev–Trinajstić information content (AvgIpc) is 3.35. The largest absolute Gasteiger partial charge is 0.461 e. The van der Waals surface area contributed by atoms with Crippen molar-refractivity contribution >= 4 is 5.91 Å². The van der Waals surface area contributed by atoms with E-state index in [0.717, 1.165) is 52.0 Å². The molecule has 25 heavy (non-hydrogen) atoms. The van der Waals surface area contributed by atoms with Crippen molar-refractivity contribution in [3.8, 4) is 11.5 Å². The summed E-state index contributed by atoms with van der Waals surface area (Å²) < 4.78 is 16.2. The maximum Gasteiger partial charge on any atom is 0.276 e. The lowest BCUT2D eigenvalue weighted by molar-refractivity contribution is 0.0699. The van der Waals surface area contributed by atoms with Gasteiger partial charge in [-0.25, -0.2) is 0 Å². The normalized spacial score (nSPS) is 22.2. The number of carbonyl (C=O) groups excluding carboxylic acids is 1. The van der Waals surface area contributed by atoms with Gasteiger partial charge in [-0.15, -0.1) is 0 Å². The number of hydrogen-bond donors (Lipinski definition) is 0. The molecule has 2 saturated heterocycles. The zero-order chi connectivity index (χ0) is 17.1. The number of aromatic nitrogens is 1. The van der Waals surface area contributed by atoms with Crippen LogP contribution in [0.25, 0.3) is 11.5 Å². The Morgan fingerprint density at radius 1 is 1.20 bits per heavy atom. The van der Waals surface area contributed by atoms with Crippen LogP contribution >= 0.6 is 0 Å². The third kappa shape index (κ3) is 3.77. The molecule has 4 heterocycles. The van der Waals surface area contributed by atoms with Crippen molar-refractivity contribution in [3.05, 3.63) is 30.2 Å². The standard InChI is InChI=1S/C18H23N3O4/c22-18(15-12-17(25-19-15)16-5-2-11-24-16)21-7-3-6-20(8-9-21)13-14-4-1-10-23-14/h2,5,11-12,14H,1,3-4,6-10,13H2/t14-/m0/s1. The molecule has 0 unspecified atom stereocenters. The molecule has 7 heteroatoms. The summed E-state index contributed by atoms with van der Waals surface area (Å²) in [5.74, 6) is 0.967. The second-order valence-electron chi connectivity index (χ2n) is 6.64. The fourth-order valence-corrected chi connectivity index (χ4v) is 3.51. The number of furan rings is 1. The van der Waals surface area contributed by atoms with Gasteiger partial charge >= 0.3 is 0 Å². The van der Waals surface area contributed by atoms with E-state index in [-0.39, 0.29) is 5.91 Å². The SMILES string of the molecule is O=C(c1cc(-c2ccco2)on1)N1CCCN(C[C@@H]2CCCO2)CC1. The number of carbonyl (C=O) groups is 1. The molecule has 0 N–H and O–H groups in total. The van der Waals surface area contributed by atoms with E-state index in [4.69, 9.17) is 13.7 Å². The van der Waals surface area contributed by atoms with Crippen LogP contribution in [0.5, 0.6) is 0 Å². The van der Waals surface area contributed by atoms with Crippen molar-refractivity contribution in [1.29, 1.82) is 0 Å². The summed E-state index contributed by atoms with van der Waals surface area (Å²) in [6.45, 7) is 5.16. The van der Waals surface area contributed by atoms with Gasteiger partial charge in [0.1, 0.15) is 0 Å². The Labute approximate surface area is 146 Å². The summed E-state index contributed by atoms with van der Waals surface area (Å²) in [5.41, 5.74) is 0.332. The molecule has 2 aliphatic heterocycles. The lowest BCUT2D eigenvalue weighted by Gasteiger charge is -2.23. The topological polar surface area (TPSA) is 72.0 Å². The van der Waals surface area contributed by atoms with E-state index >= 15 is 0 Å². The van der Waals surface area contributed by atoms with Crippen molar-refractivity contribution < 1.29 is 18.5 Å². The molecule has 2 fully saturated rings. The summed E-state index contributed by atoms with van der Waals surface area (Å²) >= 11 is 0. The van der Waals surface area contributed by atoms with Crippen LogP contribution in [0.4, 0.5) is 0 Å². The third-order valence-electron chi connectivity index (χ3n) is 4.85. The summed E-state index contributed by atoms with van der Waals surface area (Å²) in [6, 6.07) is 5.21. The van der Waals surface area contributed by atoms with E-state index in [1.165, 1.54) is 0 Å². The van der Waals surface area contributed by atoms with Gasteiger partial charge in [0.15, 0.2) is 11.5 Å². The van der Waals surface area contributed by atoms with E-state index in [1.54, 1.807) is 24.5 Å². The number of ether oxygens (including phenoxy) is 1. The average molecular weight is 345 g/mol. The lowest BCUT2D eigenvalue weighted by atomic mass is 10.2. The van der Waals surface area contributed by atoms with E-state index in [9.17, 15) is 4.79 Å². The van der Waals surface area contributed by atoms with Gasteiger partial charge in [0, 0.05) is 38.9 Å². The number of rotatable bonds is 4. The van der Waals surface area contributed by atoms with Gasteiger partial charge in [-0.2, -0.15) is 0 Å². The third-order valence-corrected chi connectivity index (χ3v) is 4.85. The Morgan fingerprint density at radius 3 is 2.96 bits per heavy atom. The van der Waals surface area contributed by atoms with Gasteiger partial charge in [0.05, 0.1) is 12.4 Å².